The number of hydrogen-bond acceptors (Lipinski definition) is 9. The summed E-state index contributed by atoms with van der Waals surface area (Å²) in [7, 11) is 3.21. The molecular formula is C29H30FN7O4S. The van der Waals surface area contributed by atoms with Crippen molar-refractivity contribution in [1.82, 2.24) is 30.0 Å². The number of hydrogen-bond donors (Lipinski definition) is 3. The SMILES string of the molecule is C=C[C@@H](C(=O)N[C@H](CO)c1cc(F)cc(OC)c1)N1CCc2sc(-c3nc(Nc4ccnn4C)ncc3C)cc2C1=O. The molecule has 0 bridgehead atoms. The van der Waals surface area contributed by atoms with Gasteiger partial charge in [-0.3, -0.25) is 14.3 Å². The average molecular weight is 592 g/mol. The third kappa shape index (κ3) is 5.74. The number of aliphatic hydroxyl groups is 1. The maximum absolute atomic E-state index is 14.1. The number of aromatic nitrogens is 4. The number of nitrogens with one attached hydrogen (secondary N) is 2. The number of halogens is 1. The van der Waals surface area contributed by atoms with E-state index in [1.165, 1.54) is 47.6 Å². The number of methoxy groups -OCH3 is 1. The van der Waals surface area contributed by atoms with E-state index >= 15 is 0 Å². The number of nitrogens with zero attached hydrogens (tertiary/aromatic N) is 5. The lowest BCUT2D eigenvalue weighted by Gasteiger charge is -2.32. The van der Waals surface area contributed by atoms with Crippen molar-refractivity contribution in [3.8, 4) is 16.3 Å². The van der Waals surface area contributed by atoms with Gasteiger partial charge in [-0.15, -0.1) is 17.9 Å². The summed E-state index contributed by atoms with van der Waals surface area (Å²) in [6, 6.07) is 5.63. The van der Waals surface area contributed by atoms with Gasteiger partial charge in [0.2, 0.25) is 11.9 Å². The number of thiophene rings is 1. The van der Waals surface area contributed by atoms with E-state index in [9.17, 15) is 19.1 Å². The summed E-state index contributed by atoms with van der Waals surface area (Å²) in [4.78, 5) is 39.2. The first-order valence-electron chi connectivity index (χ1n) is 13.1. The molecule has 1 aromatic carbocycles. The van der Waals surface area contributed by atoms with Gasteiger partial charge < -0.3 is 25.4 Å². The molecule has 0 aliphatic carbocycles. The lowest BCUT2D eigenvalue weighted by Crippen LogP contribution is -2.51. The van der Waals surface area contributed by atoms with Gasteiger partial charge in [0, 0.05) is 43.2 Å². The number of aliphatic hydroxyl groups excluding tert-OH is 1. The molecular weight excluding hydrogens is 561 g/mol. The van der Waals surface area contributed by atoms with Gasteiger partial charge in [0.1, 0.15) is 23.4 Å². The van der Waals surface area contributed by atoms with Crippen LogP contribution in [0.2, 0.25) is 0 Å². The van der Waals surface area contributed by atoms with Crippen molar-refractivity contribution >= 4 is 34.9 Å². The molecule has 5 rings (SSSR count). The molecule has 0 spiro atoms. The molecule has 11 nitrogen and oxygen atoms in total. The molecule has 42 heavy (non-hydrogen) atoms. The summed E-state index contributed by atoms with van der Waals surface area (Å²) in [6.45, 7) is 5.50. The minimum Gasteiger partial charge on any atom is -0.497 e. The normalized spacial score (nSPS) is 14.2. The fourth-order valence-corrected chi connectivity index (χ4v) is 5.98. The first-order chi connectivity index (χ1) is 20.2. The monoisotopic (exact) mass is 591 g/mol. The number of carbonyl (C=O) groups excluding carboxylic acids is 2. The smallest absolute Gasteiger partial charge is 0.255 e. The maximum atomic E-state index is 14.1. The Morgan fingerprint density at radius 1 is 1.33 bits per heavy atom. The first-order valence-corrected chi connectivity index (χ1v) is 13.9. The predicted octanol–water partition coefficient (Wildman–Crippen LogP) is 3.54. The Morgan fingerprint density at radius 2 is 2.14 bits per heavy atom. The number of carbonyl (C=O) groups is 2. The van der Waals surface area contributed by atoms with E-state index in [0.717, 1.165) is 21.1 Å². The van der Waals surface area contributed by atoms with E-state index in [2.05, 4.69) is 27.3 Å². The minimum absolute atomic E-state index is 0.253. The highest BCUT2D eigenvalue weighted by Gasteiger charge is 2.35. The highest BCUT2D eigenvalue weighted by atomic mass is 32.1. The Bertz CT molecular complexity index is 1650. The second-order valence-electron chi connectivity index (χ2n) is 9.74. The van der Waals surface area contributed by atoms with Gasteiger partial charge in [0.15, 0.2) is 0 Å². The molecule has 218 valence electrons. The third-order valence-corrected chi connectivity index (χ3v) is 8.21. The average Bonchev–Trinajstić information content (AvgIpc) is 3.60. The fourth-order valence-electron chi connectivity index (χ4n) is 4.79. The molecule has 4 heterocycles. The molecule has 1 aliphatic rings. The maximum Gasteiger partial charge on any atom is 0.255 e. The van der Waals surface area contributed by atoms with Crippen LogP contribution in [-0.4, -0.2) is 67.9 Å². The Kier molecular flexibility index (Phi) is 8.31. The van der Waals surface area contributed by atoms with Crippen LogP contribution in [-0.2, 0) is 18.3 Å². The lowest BCUT2D eigenvalue weighted by molar-refractivity contribution is -0.125. The minimum atomic E-state index is -1.01. The van der Waals surface area contributed by atoms with Crippen LogP contribution in [0.15, 0.2) is 55.4 Å². The molecule has 13 heteroatoms. The molecule has 1 aliphatic heterocycles. The van der Waals surface area contributed by atoms with Gasteiger partial charge in [-0.05, 0) is 36.2 Å². The van der Waals surface area contributed by atoms with Crippen LogP contribution in [0, 0.1) is 12.7 Å². The zero-order valence-corrected chi connectivity index (χ0v) is 24.1. The van der Waals surface area contributed by atoms with Crippen molar-refractivity contribution in [2.75, 3.05) is 25.6 Å². The lowest BCUT2D eigenvalue weighted by atomic mass is 10.0. The zero-order chi connectivity index (χ0) is 30.0. The molecule has 0 saturated carbocycles. The van der Waals surface area contributed by atoms with Crippen LogP contribution in [0.3, 0.4) is 0 Å². The van der Waals surface area contributed by atoms with E-state index < -0.39 is 30.4 Å². The van der Waals surface area contributed by atoms with Gasteiger partial charge in [0.25, 0.3) is 5.91 Å². The van der Waals surface area contributed by atoms with Crippen LogP contribution in [0.1, 0.15) is 32.4 Å². The number of anilines is 2. The number of ether oxygens (including phenoxy) is 1. The summed E-state index contributed by atoms with van der Waals surface area (Å²) < 4.78 is 20.8. The Labute approximate surface area is 245 Å². The van der Waals surface area contributed by atoms with E-state index in [1.54, 1.807) is 23.1 Å². The molecule has 0 unspecified atom stereocenters. The Balaban J connectivity index is 1.36. The summed E-state index contributed by atoms with van der Waals surface area (Å²) in [5, 5.41) is 20.0. The highest BCUT2D eigenvalue weighted by molar-refractivity contribution is 7.15. The van der Waals surface area contributed by atoms with Crippen molar-refractivity contribution in [2.45, 2.75) is 25.4 Å². The molecule has 0 fully saturated rings. The Hall–Kier alpha value is -4.62. The molecule has 0 saturated heterocycles. The van der Waals surface area contributed by atoms with Gasteiger partial charge >= 0.3 is 0 Å². The van der Waals surface area contributed by atoms with Crippen molar-refractivity contribution < 1.29 is 23.8 Å². The van der Waals surface area contributed by atoms with E-state index in [0.29, 0.717) is 35.7 Å². The summed E-state index contributed by atoms with van der Waals surface area (Å²) in [6.07, 6.45) is 5.31. The van der Waals surface area contributed by atoms with Gasteiger partial charge in [0.05, 0.1) is 42.1 Å². The zero-order valence-electron chi connectivity index (χ0n) is 23.3. The van der Waals surface area contributed by atoms with E-state index in [1.807, 2.05) is 20.0 Å². The molecule has 0 radical (unpaired) electrons. The standard InChI is InChI=1S/C29H30FN7O4S/c1-5-22(27(39)33-21(15-38)17-10-18(30)12-19(11-17)41-4)37-9-7-23-20(28(37)40)13-24(42-23)26-16(2)14-31-29(35-26)34-25-6-8-32-36(25)3/h5-6,8,10-14,21-22,38H,1,7,9,15H2,2-4H3,(H,33,39)(H,31,34,35)/t21-,22+/m1/s1. The Morgan fingerprint density at radius 3 is 2.83 bits per heavy atom. The molecule has 3 aromatic heterocycles. The summed E-state index contributed by atoms with van der Waals surface area (Å²) >= 11 is 1.48. The molecule has 2 atom stereocenters. The van der Waals surface area contributed by atoms with Gasteiger partial charge in [-0.2, -0.15) is 5.10 Å². The number of rotatable bonds is 10. The summed E-state index contributed by atoms with van der Waals surface area (Å²) in [5.41, 5.74) is 2.37. The predicted molar refractivity (Wildman–Crippen MR) is 156 cm³/mol. The van der Waals surface area contributed by atoms with Crippen LogP contribution >= 0.6 is 11.3 Å². The highest BCUT2D eigenvalue weighted by Crippen LogP contribution is 2.36. The second-order valence-corrected chi connectivity index (χ2v) is 10.9. The van der Waals surface area contributed by atoms with Crippen LogP contribution in [0.4, 0.5) is 16.2 Å². The van der Waals surface area contributed by atoms with Crippen molar-refractivity contribution in [1.29, 1.82) is 0 Å². The van der Waals surface area contributed by atoms with Crippen molar-refractivity contribution in [3.05, 3.63) is 82.8 Å². The first kappa shape index (κ1) is 28.9. The van der Waals surface area contributed by atoms with Gasteiger partial charge in [-0.1, -0.05) is 6.08 Å². The number of amides is 2. The quantitative estimate of drug-likeness (QED) is 0.239. The number of aryl methyl sites for hydroxylation is 2. The van der Waals surface area contributed by atoms with Crippen LogP contribution in [0.25, 0.3) is 10.6 Å². The van der Waals surface area contributed by atoms with E-state index in [-0.39, 0.29) is 11.7 Å². The molecule has 3 N–H and O–H groups in total. The second kappa shape index (κ2) is 12.1. The van der Waals surface area contributed by atoms with Crippen LogP contribution in [0.5, 0.6) is 5.75 Å². The summed E-state index contributed by atoms with van der Waals surface area (Å²) in [5.74, 6) is -0.0400. The van der Waals surface area contributed by atoms with Crippen molar-refractivity contribution in [3.63, 3.8) is 0 Å². The third-order valence-electron chi connectivity index (χ3n) is 7.00. The number of benzene rings is 1. The van der Waals surface area contributed by atoms with Crippen LogP contribution < -0.4 is 15.4 Å². The van der Waals surface area contributed by atoms with Gasteiger partial charge in [-0.25, -0.2) is 14.4 Å². The molecule has 2 amide bonds. The fraction of sp³-hybridized carbons (Fsp3) is 0.276. The molecule has 4 aromatic rings. The van der Waals surface area contributed by atoms with E-state index in [4.69, 9.17) is 9.72 Å². The topological polar surface area (TPSA) is 134 Å². The largest absolute Gasteiger partial charge is 0.497 e. The van der Waals surface area contributed by atoms with Crippen molar-refractivity contribution in [2.24, 2.45) is 7.05 Å². The number of fused-ring (bicyclic) bond motifs is 1.